The number of methoxy groups -OCH3 is 1. The van der Waals surface area contributed by atoms with E-state index in [0.717, 1.165) is 5.56 Å². The first-order valence-electron chi connectivity index (χ1n) is 6.18. The van der Waals surface area contributed by atoms with Crippen LogP contribution in [-0.4, -0.2) is 27.3 Å². The van der Waals surface area contributed by atoms with E-state index < -0.39 is 0 Å². The predicted molar refractivity (Wildman–Crippen MR) is 86.2 cm³/mol. The van der Waals surface area contributed by atoms with E-state index >= 15 is 0 Å². The number of nitrogens with zero attached hydrogens (tertiary/aromatic N) is 4. The normalized spacial score (nSPS) is 10.7. The maximum Gasteiger partial charge on any atom is 0.187 e. The predicted octanol–water partition coefficient (Wildman–Crippen LogP) is 4.30. The summed E-state index contributed by atoms with van der Waals surface area (Å²) in [6, 6.07) is 10.4. The van der Waals surface area contributed by atoms with Gasteiger partial charge in [-0.3, -0.25) is 0 Å². The molecule has 5 nitrogen and oxygen atoms in total. The minimum atomic E-state index is 0.410. The standard InChI is InChI=1S/C14H9Cl3N4O/c1-22-13-7-12(10(16)6-11(13)17)21-14(18-19-20-21)8-2-4-9(15)5-3-8/h2-7H,1H3. The molecule has 0 spiro atoms. The smallest absolute Gasteiger partial charge is 0.187 e. The zero-order valence-corrected chi connectivity index (χ0v) is 13.6. The summed E-state index contributed by atoms with van der Waals surface area (Å²) in [6.45, 7) is 0. The van der Waals surface area contributed by atoms with Crippen molar-refractivity contribution in [1.82, 2.24) is 20.2 Å². The molecule has 22 heavy (non-hydrogen) atoms. The van der Waals surface area contributed by atoms with Gasteiger partial charge in [-0.15, -0.1) is 5.10 Å². The maximum absolute atomic E-state index is 6.26. The SMILES string of the molecule is COc1cc(-n2nnnc2-c2ccc(Cl)cc2)c(Cl)cc1Cl. The molecule has 3 rings (SSSR count). The van der Waals surface area contributed by atoms with Crippen LogP contribution in [0.4, 0.5) is 0 Å². The lowest BCUT2D eigenvalue weighted by Crippen LogP contribution is -2.01. The highest BCUT2D eigenvalue weighted by Gasteiger charge is 2.16. The van der Waals surface area contributed by atoms with Crippen molar-refractivity contribution in [3.63, 3.8) is 0 Å². The number of aromatic nitrogens is 4. The van der Waals surface area contributed by atoms with Crippen molar-refractivity contribution in [2.24, 2.45) is 0 Å². The number of halogens is 3. The molecule has 0 aliphatic rings. The second-order valence-corrected chi connectivity index (χ2v) is 5.61. The van der Waals surface area contributed by atoms with Crippen molar-refractivity contribution in [3.05, 3.63) is 51.5 Å². The summed E-state index contributed by atoms with van der Waals surface area (Å²) in [5, 5.41) is 13.2. The Balaban J connectivity index is 2.15. The van der Waals surface area contributed by atoms with Crippen LogP contribution in [0.1, 0.15) is 0 Å². The Morgan fingerprint density at radius 1 is 1.00 bits per heavy atom. The third-order valence-corrected chi connectivity index (χ3v) is 3.87. The first-order chi connectivity index (χ1) is 10.6. The average Bonchev–Trinajstić information content (AvgIpc) is 2.97. The Kier molecular flexibility index (Phi) is 4.20. The van der Waals surface area contributed by atoms with Gasteiger partial charge in [0, 0.05) is 16.7 Å². The Morgan fingerprint density at radius 2 is 1.73 bits per heavy atom. The molecule has 0 unspecified atom stereocenters. The summed E-state index contributed by atoms with van der Waals surface area (Å²) in [7, 11) is 1.53. The summed E-state index contributed by atoms with van der Waals surface area (Å²) < 4.78 is 6.73. The second-order valence-electron chi connectivity index (χ2n) is 4.36. The molecular formula is C14H9Cl3N4O. The van der Waals surface area contributed by atoms with Crippen LogP contribution in [0.25, 0.3) is 17.1 Å². The second kappa shape index (κ2) is 6.12. The molecule has 112 valence electrons. The van der Waals surface area contributed by atoms with E-state index in [0.29, 0.717) is 32.3 Å². The van der Waals surface area contributed by atoms with Crippen molar-refractivity contribution in [3.8, 4) is 22.8 Å². The number of hydrogen-bond donors (Lipinski definition) is 0. The quantitative estimate of drug-likeness (QED) is 0.703. The van der Waals surface area contributed by atoms with Crippen molar-refractivity contribution in [1.29, 1.82) is 0 Å². The van der Waals surface area contributed by atoms with Crippen LogP contribution in [-0.2, 0) is 0 Å². The number of rotatable bonds is 3. The van der Waals surface area contributed by atoms with E-state index in [-0.39, 0.29) is 0 Å². The molecule has 8 heteroatoms. The first kappa shape index (κ1) is 15.1. The van der Waals surface area contributed by atoms with Gasteiger partial charge in [0.2, 0.25) is 0 Å². The van der Waals surface area contributed by atoms with Crippen LogP contribution in [0.2, 0.25) is 15.1 Å². The Bertz CT molecular complexity index is 817. The molecule has 0 aliphatic heterocycles. The van der Waals surface area contributed by atoms with Gasteiger partial charge in [0.25, 0.3) is 0 Å². The van der Waals surface area contributed by atoms with Crippen LogP contribution in [0.5, 0.6) is 5.75 Å². The van der Waals surface area contributed by atoms with Crippen molar-refractivity contribution < 1.29 is 4.74 Å². The van der Waals surface area contributed by atoms with E-state index in [9.17, 15) is 0 Å². The first-order valence-corrected chi connectivity index (χ1v) is 7.31. The summed E-state index contributed by atoms with van der Waals surface area (Å²) >= 11 is 18.2. The third-order valence-electron chi connectivity index (χ3n) is 3.02. The van der Waals surface area contributed by atoms with E-state index in [4.69, 9.17) is 39.5 Å². The third kappa shape index (κ3) is 2.75. The fraction of sp³-hybridized carbons (Fsp3) is 0.0714. The molecule has 1 aromatic heterocycles. The van der Waals surface area contributed by atoms with E-state index in [1.54, 1.807) is 24.3 Å². The van der Waals surface area contributed by atoms with Crippen LogP contribution < -0.4 is 4.74 Å². The zero-order chi connectivity index (χ0) is 15.7. The Hall–Kier alpha value is -1.82. The number of tetrazole rings is 1. The van der Waals surface area contributed by atoms with Crippen LogP contribution in [0, 0.1) is 0 Å². The molecule has 3 aromatic rings. The van der Waals surface area contributed by atoms with Crippen LogP contribution in [0.15, 0.2) is 36.4 Å². The van der Waals surface area contributed by atoms with Gasteiger partial charge in [-0.1, -0.05) is 34.8 Å². The van der Waals surface area contributed by atoms with E-state index in [2.05, 4.69) is 15.5 Å². The van der Waals surface area contributed by atoms with Gasteiger partial charge in [0.1, 0.15) is 5.75 Å². The number of ether oxygens (including phenoxy) is 1. The molecule has 0 saturated carbocycles. The molecule has 0 atom stereocenters. The van der Waals surface area contributed by atoms with E-state index in [1.165, 1.54) is 11.8 Å². The largest absolute Gasteiger partial charge is 0.495 e. The molecule has 0 N–H and O–H groups in total. The molecule has 0 aliphatic carbocycles. The van der Waals surface area contributed by atoms with Gasteiger partial charge in [-0.25, -0.2) is 0 Å². The van der Waals surface area contributed by atoms with Gasteiger partial charge < -0.3 is 4.74 Å². The monoisotopic (exact) mass is 354 g/mol. The van der Waals surface area contributed by atoms with Crippen molar-refractivity contribution in [2.75, 3.05) is 7.11 Å². The van der Waals surface area contributed by atoms with Gasteiger partial charge in [-0.2, -0.15) is 4.68 Å². The Morgan fingerprint density at radius 3 is 2.41 bits per heavy atom. The lowest BCUT2D eigenvalue weighted by Gasteiger charge is -2.10. The number of benzene rings is 2. The lowest BCUT2D eigenvalue weighted by atomic mass is 10.2. The van der Waals surface area contributed by atoms with Crippen molar-refractivity contribution >= 4 is 34.8 Å². The fourth-order valence-corrected chi connectivity index (χ4v) is 2.63. The summed E-state index contributed by atoms with van der Waals surface area (Å²) in [5.41, 5.74) is 1.37. The van der Waals surface area contributed by atoms with Gasteiger partial charge in [-0.05, 0) is 40.8 Å². The van der Waals surface area contributed by atoms with Gasteiger partial charge in [0.15, 0.2) is 5.82 Å². The van der Waals surface area contributed by atoms with Crippen LogP contribution in [0.3, 0.4) is 0 Å². The molecule has 0 fully saturated rings. The van der Waals surface area contributed by atoms with Gasteiger partial charge >= 0.3 is 0 Å². The highest BCUT2D eigenvalue weighted by molar-refractivity contribution is 6.36. The molecule has 0 saturated heterocycles. The molecule has 0 amide bonds. The Labute approximate surface area is 141 Å². The zero-order valence-electron chi connectivity index (χ0n) is 11.3. The highest BCUT2D eigenvalue weighted by atomic mass is 35.5. The average molecular weight is 356 g/mol. The summed E-state index contributed by atoms with van der Waals surface area (Å²) in [4.78, 5) is 0. The highest BCUT2D eigenvalue weighted by Crippen LogP contribution is 2.34. The summed E-state index contributed by atoms with van der Waals surface area (Å²) in [5.74, 6) is 1.02. The minimum Gasteiger partial charge on any atom is -0.495 e. The molecule has 0 radical (unpaired) electrons. The van der Waals surface area contributed by atoms with Gasteiger partial charge in [0.05, 0.1) is 22.8 Å². The van der Waals surface area contributed by atoms with Crippen molar-refractivity contribution in [2.45, 2.75) is 0 Å². The molecule has 1 heterocycles. The lowest BCUT2D eigenvalue weighted by molar-refractivity contribution is 0.414. The minimum absolute atomic E-state index is 0.410. The molecule has 0 bridgehead atoms. The molecular weight excluding hydrogens is 347 g/mol. The maximum atomic E-state index is 6.26. The summed E-state index contributed by atoms with van der Waals surface area (Å²) in [6.07, 6.45) is 0. The topological polar surface area (TPSA) is 52.8 Å². The van der Waals surface area contributed by atoms with E-state index in [1.807, 2.05) is 12.1 Å². The number of hydrogen-bond acceptors (Lipinski definition) is 4. The van der Waals surface area contributed by atoms with Crippen LogP contribution >= 0.6 is 34.8 Å². The molecule has 2 aromatic carbocycles. The fourth-order valence-electron chi connectivity index (χ4n) is 1.97.